The lowest BCUT2D eigenvalue weighted by atomic mass is 10.2. The van der Waals surface area contributed by atoms with Crippen LogP contribution >= 0.6 is 0 Å². The second-order valence-electron chi connectivity index (χ2n) is 6.55. The highest BCUT2D eigenvalue weighted by Crippen LogP contribution is 2.31. The minimum atomic E-state index is -3.90. The van der Waals surface area contributed by atoms with Gasteiger partial charge in [0.1, 0.15) is 25.5 Å². The number of esters is 1. The van der Waals surface area contributed by atoms with Crippen LogP contribution in [0.5, 0.6) is 17.2 Å². The Morgan fingerprint density at radius 3 is 2.67 bits per heavy atom. The third-order valence-electron chi connectivity index (χ3n) is 4.36. The van der Waals surface area contributed by atoms with Gasteiger partial charge in [0.05, 0.1) is 18.1 Å². The fourth-order valence-corrected chi connectivity index (χ4v) is 3.75. The summed E-state index contributed by atoms with van der Waals surface area (Å²) in [6.07, 6.45) is 1.62. The zero-order valence-electron chi connectivity index (χ0n) is 16.8. The molecule has 162 valence electrons. The molecule has 0 bridgehead atoms. The number of carbonyl (C=O) groups is 1. The number of fused-ring (bicyclic) bond motifs is 1. The van der Waals surface area contributed by atoms with Crippen molar-refractivity contribution in [2.75, 3.05) is 33.0 Å². The van der Waals surface area contributed by atoms with Gasteiger partial charge in [-0.3, -0.25) is 4.79 Å². The second kappa shape index (κ2) is 10.3. The van der Waals surface area contributed by atoms with E-state index in [1.54, 1.807) is 6.07 Å². The minimum Gasteiger partial charge on any atom is -0.490 e. The van der Waals surface area contributed by atoms with Gasteiger partial charge in [-0.2, -0.15) is 4.72 Å². The van der Waals surface area contributed by atoms with Crippen molar-refractivity contribution in [2.24, 2.45) is 0 Å². The van der Waals surface area contributed by atoms with Gasteiger partial charge in [0.15, 0.2) is 11.5 Å². The molecule has 1 heterocycles. The van der Waals surface area contributed by atoms with Crippen LogP contribution in [0.4, 0.5) is 0 Å². The Hall–Kier alpha value is -2.78. The van der Waals surface area contributed by atoms with E-state index in [1.165, 1.54) is 12.1 Å². The second-order valence-corrected chi connectivity index (χ2v) is 8.32. The summed E-state index contributed by atoms with van der Waals surface area (Å²) in [6.45, 7) is 2.71. The van der Waals surface area contributed by atoms with Crippen LogP contribution in [0.1, 0.15) is 18.9 Å². The molecule has 8 nitrogen and oxygen atoms in total. The largest absolute Gasteiger partial charge is 0.490 e. The fourth-order valence-electron chi connectivity index (χ4n) is 2.77. The van der Waals surface area contributed by atoms with E-state index in [-0.39, 0.29) is 18.1 Å². The molecule has 0 amide bonds. The highest BCUT2D eigenvalue weighted by atomic mass is 32.2. The van der Waals surface area contributed by atoms with Crippen molar-refractivity contribution in [2.45, 2.75) is 24.7 Å². The number of aryl methyl sites for hydroxylation is 1. The van der Waals surface area contributed by atoms with Gasteiger partial charge in [-0.25, -0.2) is 8.42 Å². The lowest BCUT2D eigenvalue weighted by Crippen LogP contribution is -2.31. The quantitative estimate of drug-likeness (QED) is 0.477. The van der Waals surface area contributed by atoms with Crippen LogP contribution < -0.4 is 18.9 Å². The maximum atomic E-state index is 12.4. The smallest absolute Gasteiger partial charge is 0.321 e. The number of hydrogen-bond acceptors (Lipinski definition) is 7. The number of carbonyl (C=O) groups excluding carboxylic acids is 1. The van der Waals surface area contributed by atoms with Gasteiger partial charge in [0.25, 0.3) is 0 Å². The normalized spacial score (nSPS) is 13.4. The van der Waals surface area contributed by atoms with Crippen molar-refractivity contribution in [3.63, 3.8) is 0 Å². The van der Waals surface area contributed by atoms with Gasteiger partial charge in [-0.05, 0) is 36.2 Å². The van der Waals surface area contributed by atoms with Crippen molar-refractivity contribution in [1.82, 2.24) is 4.72 Å². The van der Waals surface area contributed by atoms with Crippen LogP contribution in [0, 0.1) is 0 Å². The lowest BCUT2D eigenvalue weighted by molar-refractivity contribution is -0.142. The predicted molar refractivity (Wildman–Crippen MR) is 110 cm³/mol. The molecule has 30 heavy (non-hydrogen) atoms. The summed E-state index contributed by atoms with van der Waals surface area (Å²) in [5, 5.41) is 0. The molecule has 0 aromatic heterocycles. The molecule has 0 radical (unpaired) electrons. The molecule has 9 heteroatoms. The van der Waals surface area contributed by atoms with Gasteiger partial charge >= 0.3 is 5.97 Å². The summed E-state index contributed by atoms with van der Waals surface area (Å²) >= 11 is 0. The van der Waals surface area contributed by atoms with E-state index in [0.29, 0.717) is 36.9 Å². The van der Waals surface area contributed by atoms with E-state index in [9.17, 15) is 13.2 Å². The molecule has 1 N–H and O–H groups in total. The average molecular weight is 435 g/mol. The van der Waals surface area contributed by atoms with Crippen molar-refractivity contribution in [3.05, 3.63) is 48.0 Å². The van der Waals surface area contributed by atoms with Crippen LogP contribution in [-0.4, -0.2) is 47.4 Å². The van der Waals surface area contributed by atoms with Crippen molar-refractivity contribution in [3.8, 4) is 17.2 Å². The molecule has 0 saturated carbocycles. The molecule has 1 aliphatic rings. The maximum absolute atomic E-state index is 12.4. The molecule has 3 rings (SSSR count). The van der Waals surface area contributed by atoms with E-state index in [0.717, 1.165) is 12.0 Å². The monoisotopic (exact) mass is 435 g/mol. The molecule has 0 atom stereocenters. The van der Waals surface area contributed by atoms with Crippen molar-refractivity contribution in [1.29, 1.82) is 0 Å². The molecule has 0 fully saturated rings. The van der Waals surface area contributed by atoms with Gasteiger partial charge in [-0.15, -0.1) is 0 Å². The van der Waals surface area contributed by atoms with Crippen LogP contribution in [0.15, 0.2) is 47.4 Å². The Morgan fingerprint density at radius 1 is 1.07 bits per heavy atom. The molecule has 2 aromatic rings. The predicted octanol–water partition coefficient (Wildman–Crippen LogP) is 2.31. The minimum absolute atomic E-state index is 0.0148. The molecular weight excluding hydrogens is 410 g/mol. The highest BCUT2D eigenvalue weighted by Gasteiger charge is 2.20. The molecule has 0 aliphatic carbocycles. The molecule has 0 unspecified atom stereocenters. The maximum Gasteiger partial charge on any atom is 0.321 e. The van der Waals surface area contributed by atoms with Crippen LogP contribution in [0.2, 0.25) is 0 Å². The third kappa shape index (κ3) is 6.11. The standard InChI is InChI=1S/C21H25NO7S/c1-2-16-5-3-6-17(13-16)26-11-12-29-21(23)15-22-30(24,25)18-7-8-19-20(14-18)28-10-4-9-27-19/h3,5-8,13-14,22H,2,4,9-12,15H2,1H3. The van der Waals surface area contributed by atoms with Crippen LogP contribution in [-0.2, 0) is 26.0 Å². The Bertz CT molecular complexity index is 975. The van der Waals surface area contributed by atoms with Crippen LogP contribution in [0.3, 0.4) is 0 Å². The van der Waals surface area contributed by atoms with Crippen molar-refractivity contribution < 1.29 is 32.2 Å². The number of ether oxygens (including phenoxy) is 4. The first-order valence-corrected chi connectivity index (χ1v) is 11.2. The van der Waals surface area contributed by atoms with Crippen molar-refractivity contribution >= 4 is 16.0 Å². The summed E-state index contributed by atoms with van der Waals surface area (Å²) < 4.78 is 48.7. The molecule has 1 aliphatic heterocycles. The lowest BCUT2D eigenvalue weighted by Gasteiger charge is -2.11. The van der Waals surface area contributed by atoms with Gasteiger partial charge in [-0.1, -0.05) is 19.1 Å². The first kappa shape index (κ1) is 21.9. The molecule has 0 spiro atoms. The number of rotatable bonds is 9. The Balaban J connectivity index is 1.45. The van der Waals surface area contributed by atoms with Gasteiger partial charge in [0.2, 0.25) is 10.0 Å². The summed E-state index contributed by atoms with van der Waals surface area (Å²) in [7, 11) is -3.90. The Labute approximate surface area is 176 Å². The zero-order chi connectivity index (χ0) is 21.4. The molecular formula is C21H25NO7S. The highest BCUT2D eigenvalue weighted by molar-refractivity contribution is 7.89. The average Bonchev–Trinajstić information content (AvgIpc) is 3.00. The third-order valence-corrected chi connectivity index (χ3v) is 5.76. The Morgan fingerprint density at radius 2 is 1.87 bits per heavy atom. The zero-order valence-corrected chi connectivity index (χ0v) is 17.6. The first-order chi connectivity index (χ1) is 14.5. The topological polar surface area (TPSA) is 100 Å². The van der Waals surface area contributed by atoms with E-state index in [1.807, 2.05) is 31.2 Å². The number of benzene rings is 2. The SMILES string of the molecule is CCc1cccc(OCCOC(=O)CNS(=O)(=O)c2ccc3c(c2)OCCCO3)c1. The Kier molecular flexibility index (Phi) is 7.53. The molecule has 0 saturated heterocycles. The summed E-state index contributed by atoms with van der Waals surface area (Å²) in [5.41, 5.74) is 1.15. The number of hydrogen-bond donors (Lipinski definition) is 1. The summed E-state index contributed by atoms with van der Waals surface area (Å²) in [4.78, 5) is 11.8. The van der Waals surface area contributed by atoms with E-state index >= 15 is 0 Å². The summed E-state index contributed by atoms with van der Waals surface area (Å²) in [6, 6.07) is 12.0. The first-order valence-electron chi connectivity index (χ1n) is 9.74. The van der Waals surface area contributed by atoms with E-state index in [2.05, 4.69) is 4.72 Å². The van der Waals surface area contributed by atoms with Gasteiger partial charge in [0, 0.05) is 12.5 Å². The van der Waals surface area contributed by atoms with E-state index in [4.69, 9.17) is 18.9 Å². The van der Waals surface area contributed by atoms with Crippen LogP contribution in [0.25, 0.3) is 0 Å². The molecule has 2 aromatic carbocycles. The fraction of sp³-hybridized carbons (Fsp3) is 0.381. The van der Waals surface area contributed by atoms with E-state index < -0.39 is 22.5 Å². The summed E-state index contributed by atoms with van der Waals surface area (Å²) in [5.74, 6) is 0.858. The number of nitrogens with one attached hydrogen (secondary N) is 1. The number of sulfonamides is 1. The van der Waals surface area contributed by atoms with Gasteiger partial charge < -0.3 is 18.9 Å².